The van der Waals surface area contributed by atoms with Gasteiger partial charge in [-0.2, -0.15) is 4.98 Å². The van der Waals surface area contributed by atoms with Crippen molar-refractivity contribution in [2.24, 2.45) is 0 Å². The molecule has 1 aliphatic rings. The molecule has 6 heteroatoms. The monoisotopic (exact) mass is 338 g/mol. The number of oxazole rings is 1. The zero-order valence-electron chi connectivity index (χ0n) is 14.6. The second-order valence-corrected chi connectivity index (χ2v) is 6.39. The molecule has 6 nitrogen and oxygen atoms in total. The molecule has 0 aliphatic carbocycles. The third-order valence-electron chi connectivity index (χ3n) is 4.66. The summed E-state index contributed by atoms with van der Waals surface area (Å²) in [4.78, 5) is 13.4. The summed E-state index contributed by atoms with van der Waals surface area (Å²) >= 11 is 0. The lowest BCUT2D eigenvalue weighted by molar-refractivity contribution is 0.245. The molecular weight excluding hydrogens is 316 g/mol. The maximum absolute atomic E-state index is 5.82. The van der Waals surface area contributed by atoms with Gasteiger partial charge in [0.15, 0.2) is 5.58 Å². The van der Waals surface area contributed by atoms with Crippen molar-refractivity contribution in [3.63, 3.8) is 0 Å². The molecule has 0 saturated carbocycles. The lowest BCUT2D eigenvalue weighted by atomic mass is 10.1. The number of benzene rings is 1. The highest BCUT2D eigenvalue weighted by Crippen LogP contribution is 2.23. The molecule has 1 fully saturated rings. The molecule has 3 aromatic rings. The highest BCUT2D eigenvalue weighted by atomic mass is 16.5. The Morgan fingerprint density at radius 2 is 2.00 bits per heavy atom. The molecule has 0 unspecified atom stereocenters. The van der Waals surface area contributed by atoms with Crippen LogP contribution in [0.5, 0.6) is 5.75 Å². The Morgan fingerprint density at radius 3 is 2.72 bits per heavy atom. The summed E-state index contributed by atoms with van der Waals surface area (Å²) in [5.74, 6) is 0.943. The Labute approximate surface area is 147 Å². The minimum Gasteiger partial charge on any atom is -0.496 e. The summed E-state index contributed by atoms with van der Waals surface area (Å²) in [7, 11) is 1.71. The van der Waals surface area contributed by atoms with Gasteiger partial charge in [0.2, 0.25) is 5.65 Å². The zero-order valence-corrected chi connectivity index (χ0v) is 14.6. The topological polar surface area (TPSA) is 54.6 Å². The maximum atomic E-state index is 5.82. The Balaban J connectivity index is 1.38. The first kappa shape index (κ1) is 15.9. The molecule has 25 heavy (non-hydrogen) atoms. The first-order chi connectivity index (χ1) is 12.2. The number of rotatable bonds is 4. The molecule has 0 bridgehead atoms. The van der Waals surface area contributed by atoms with E-state index in [-0.39, 0.29) is 0 Å². The molecule has 0 N–H and O–H groups in total. The van der Waals surface area contributed by atoms with Crippen molar-refractivity contribution in [1.82, 2.24) is 14.9 Å². The number of aryl methyl sites for hydroxylation is 1. The van der Waals surface area contributed by atoms with E-state index in [2.05, 4.69) is 38.8 Å². The normalized spacial score (nSPS) is 15.7. The first-order valence-electron chi connectivity index (χ1n) is 8.55. The van der Waals surface area contributed by atoms with E-state index in [4.69, 9.17) is 9.15 Å². The van der Waals surface area contributed by atoms with Crippen molar-refractivity contribution >= 4 is 17.2 Å². The van der Waals surface area contributed by atoms with Crippen LogP contribution in [0.2, 0.25) is 0 Å². The van der Waals surface area contributed by atoms with E-state index in [9.17, 15) is 0 Å². The number of fused-ring (bicyclic) bond motifs is 1. The van der Waals surface area contributed by atoms with Gasteiger partial charge in [-0.05, 0) is 36.2 Å². The number of nitrogens with zero attached hydrogens (tertiary/aromatic N) is 4. The van der Waals surface area contributed by atoms with Gasteiger partial charge in [0.1, 0.15) is 5.75 Å². The second-order valence-electron chi connectivity index (χ2n) is 6.39. The summed E-state index contributed by atoms with van der Waals surface area (Å²) in [5, 5.41) is 0. The standard InChI is InChI=1S/C19H22N4O2/c1-14-12-15(5-6-16(14)24-2)13-22-8-10-23(11-9-22)19-21-18-17(25-19)4-3-7-20-18/h3-7,12H,8-11,13H2,1-2H3. The van der Waals surface area contributed by atoms with E-state index in [1.807, 2.05) is 18.2 Å². The van der Waals surface area contributed by atoms with Gasteiger partial charge in [-0.25, -0.2) is 4.98 Å². The summed E-state index contributed by atoms with van der Waals surface area (Å²) in [6.45, 7) is 6.81. The largest absolute Gasteiger partial charge is 0.496 e. The second kappa shape index (κ2) is 6.72. The number of pyridine rings is 1. The summed E-state index contributed by atoms with van der Waals surface area (Å²) in [5.41, 5.74) is 3.91. The average Bonchev–Trinajstić information content (AvgIpc) is 3.07. The maximum Gasteiger partial charge on any atom is 0.300 e. The number of hydrogen-bond donors (Lipinski definition) is 0. The third-order valence-corrected chi connectivity index (χ3v) is 4.66. The number of piperazine rings is 1. The zero-order chi connectivity index (χ0) is 17.2. The molecule has 4 rings (SSSR count). The molecular formula is C19H22N4O2. The number of aromatic nitrogens is 2. The molecule has 130 valence electrons. The van der Waals surface area contributed by atoms with E-state index in [1.54, 1.807) is 13.3 Å². The van der Waals surface area contributed by atoms with Crippen LogP contribution in [-0.2, 0) is 6.54 Å². The highest BCUT2D eigenvalue weighted by Gasteiger charge is 2.21. The smallest absolute Gasteiger partial charge is 0.300 e. The Kier molecular flexibility index (Phi) is 4.28. The molecule has 2 aromatic heterocycles. The van der Waals surface area contributed by atoms with Crippen LogP contribution in [-0.4, -0.2) is 48.2 Å². The molecule has 0 spiro atoms. The Morgan fingerprint density at radius 1 is 1.16 bits per heavy atom. The van der Waals surface area contributed by atoms with Crippen LogP contribution in [0, 0.1) is 6.92 Å². The van der Waals surface area contributed by atoms with Gasteiger partial charge in [-0.3, -0.25) is 4.90 Å². The molecule has 0 radical (unpaired) electrons. The van der Waals surface area contributed by atoms with Gasteiger partial charge in [0, 0.05) is 38.9 Å². The van der Waals surface area contributed by atoms with Gasteiger partial charge in [-0.15, -0.1) is 0 Å². The van der Waals surface area contributed by atoms with Crippen molar-refractivity contribution in [1.29, 1.82) is 0 Å². The van der Waals surface area contributed by atoms with Gasteiger partial charge < -0.3 is 14.1 Å². The van der Waals surface area contributed by atoms with E-state index >= 15 is 0 Å². The number of hydrogen-bond acceptors (Lipinski definition) is 6. The van der Waals surface area contributed by atoms with Gasteiger partial charge in [-0.1, -0.05) is 12.1 Å². The van der Waals surface area contributed by atoms with Crippen molar-refractivity contribution in [3.05, 3.63) is 47.7 Å². The average molecular weight is 338 g/mol. The molecule has 1 saturated heterocycles. The van der Waals surface area contributed by atoms with Gasteiger partial charge in [0.05, 0.1) is 7.11 Å². The Hall–Kier alpha value is -2.60. The molecule has 1 aromatic carbocycles. The molecule has 3 heterocycles. The van der Waals surface area contributed by atoms with Crippen LogP contribution in [0.25, 0.3) is 11.2 Å². The van der Waals surface area contributed by atoms with E-state index in [1.165, 1.54) is 11.1 Å². The predicted molar refractivity (Wildman–Crippen MR) is 97.0 cm³/mol. The van der Waals surface area contributed by atoms with Crippen LogP contribution in [0.4, 0.5) is 6.01 Å². The molecule has 1 aliphatic heterocycles. The van der Waals surface area contributed by atoms with Crippen LogP contribution >= 0.6 is 0 Å². The van der Waals surface area contributed by atoms with Crippen molar-refractivity contribution in [3.8, 4) is 5.75 Å². The van der Waals surface area contributed by atoms with Crippen LogP contribution < -0.4 is 9.64 Å². The number of anilines is 1. The Bertz CT molecular complexity index is 836. The van der Waals surface area contributed by atoms with Crippen molar-refractivity contribution in [2.75, 3.05) is 38.2 Å². The quantitative estimate of drug-likeness (QED) is 0.729. The lowest BCUT2D eigenvalue weighted by Crippen LogP contribution is -2.46. The van der Waals surface area contributed by atoms with E-state index in [0.717, 1.165) is 44.1 Å². The van der Waals surface area contributed by atoms with Gasteiger partial charge in [0.25, 0.3) is 6.01 Å². The molecule has 0 atom stereocenters. The predicted octanol–water partition coefficient (Wildman–Crippen LogP) is 2.86. The van der Waals surface area contributed by atoms with Crippen LogP contribution in [0.3, 0.4) is 0 Å². The third kappa shape index (κ3) is 3.30. The number of ether oxygens (including phenoxy) is 1. The van der Waals surface area contributed by atoms with Crippen molar-refractivity contribution < 1.29 is 9.15 Å². The fourth-order valence-corrected chi connectivity index (χ4v) is 3.29. The van der Waals surface area contributed by atoms with E-state index in [0.29, 0.717) is 11.7 Å². The highest BCUT2D eigenvalue weighted by molar-refractivity contribution is 5.69. The van der Waals surface area contributed by atoms with E-state index < -0.39 is 0 Å². The van der Waals surface area contributed by atoms with Crippen LogP contribution in [0.15, 0.2) is 40.9 Å². The lowest BCUT2D eigenvalue weighted by Gasteiger charge is -2.33. The summed E-state index contributed by atoms with van der Waals surface area (Å²) in [6, 6.07) is 10.8. The molecule has 0 amide bonds. The minimum atomic E-state index is 0.675. The number of methoxy groups -OCH3 is 1. The SMILES string of the molecule is COc1ccc(CN2CCN(c3nc4ncccc4o3)CC2)cc1C. The summed E-state index contributed by atoms with van der Waals surface area (Å²) in [6.07, 6.45) is 1.74. The fourth-order valence-electron chi connectivity index (χ4n) is 3.29. The minimum absolute atomic E-state index is 0.675. The van der Waals surface area contributed by atoms with Crippen LogP contribution in [0.1, 0.15) is 11.1 Å². The van der Waals surface area contributed by atoms with Gasteiger partial charge >= 0.3 is 0 Å². The fraction of sp³-hybridized carbons (Fsp3) is 0.368. The first-order valence-corrected chi connectivity index (χ1v) is 8.55. The summed E-state index contributed by atoms with van der Waals surface area (Å²) < 4.78 is 11.2. The van der Waals surface area contributed by atoms with Crippen molar-refractivity contribution in [2.45, 2.75) is 13.5 Å².